The third kappa shape index (κ3) is 2.46. The van der Waals surface area contributed by atoms with Crippen LogP contribution >= 0.6 is 0 Å². The predicted octanol–water partition coefficient (Wildman–Crippen LogP) is 1.86. The van der Waals surface area contributed by atoms with Crippen LogP contribution in [0.1, 0.15) is 33.5 Å². The largest absolute Gasteiger partial charge is 0.345 e. The van der Waals surface area contributed by atoms with Crippen LogP contribution in [0.2, 0.25) is 0 Å². The van der Waals surface area contributed by atoms with Crippen molar-refractivity contribution in [3.05, 3.63) is 59.1 Å². The van der Waals surface area contributed by atoms with Crippen molar-refractivity contribution in [2.75, 3.05) is 0 Å². The van der Waals surface area contributed by atoms with Gasteiger partial charge in [0.25, 0.3) is 5.91 Å². The third-order valence-corrected chi connectivity index (χ3v) is 3.76. The number of fused-ring (bicyclic) bond motifs is 1. The molecule has 2 aromatic heterocycles. The number of carbonyl (C=O) groups is 1. The summed E-state index contributed by atoms with van der Waals surface area (Å²) in [5, 5.41) is 14.9. The van der Waals surface area contributed by atoms with Crippen LogP contribution in [0.25, 0.3) is 11.5 Å². The van der Waals surface area contributed by atoms with Gasteiger partial charge in [0.05, 0.1) is 18.2 Å². The lowest BCUT2D eigenvalue weighted by molar-refractivity contribution is 0.0955. The highest BCUT2D eigenvalue weighted by molar-refractivity contribution is 5.99. The van der Waals surface area contributed by atoms with Crippen molar-refractivity contribution in [3.8, 4) is 11.5 Å². The first-order valence-electron chi connectivity index (χ1n) is 7.24. The Balaban J connectivity index is 1.57. The second kappa shape index (κ2) is 5.28. The first-order chi connectivity index (χ1) is 11.2. The fraction of sp³-hybridized carbons (Fsp3) is 0.188. The molecule has 7 heteroatoms. The van der Waals surface area contributed by atoms with Gasteiger partial charge in [-0.25, -0.2) is 0 Å². The molecule has 114 valence electrons. The number of amides is 1. The number of carbonyl (C=O) groups excluding carboxylic acids is 1. The van der Waals surface area contributed by atoms with Gasteiger partial charge in [-0.05, 0) is 30.7 Å². The molecule has 0 aliphatic carbocycles. The van der Waals surface area contributed by atoms with Crippen molar-refractivity contribution in [1.29, 1.82) is 0 Å². The van der Waals surface area contributed by atoms with Crippen LogP contribution in [0.15, 0.2) is 40.9 Å². The minimum atomic E-state index is -0.156. The molecule has 3 heterocycles. The van der Waals surface area contributed by atoms with Gasteiger partial charge in [-0.15, -0.1) is 5.10 Å². The van der Waals surface area contributed by atoms with Crippen LogP contribution < -0.4 is 5.32 Å². The van der Waals surface area contributed by atoms with E-state index < -0.39 is 0 Å². The molecule has 1 atom stereocenters. The number of rotatable bonds is 3. The molecule has 4 rings (SSSR count). The maximum absolute atomic E-state index is 11.9. The molecular weight excluding hydrogens is 294 g/mol. The SMILES string of the molecule is Cc1ccc(-c2noc(CC3NC(=O)c4ccccc43)n2)nn1. The number of hydrogen-bond acceptors (Lipinski definition) is 6. The number of hydrogen-bond donors (Lipinski definition) is 1. The molecule has 3 aromatic rings. The lowest BCUT2D eigenvalue weighted by Crippen LogP contribution is -2.20. The van der Waals surface area contributed by atoms with E-state index in [1.807, 2.05) is 37.3 Å². The van der Waals surface area contributed by atoms with Crippen LogP contribution in [0, 0.1) is 6.92 Å². The zero-order valence-corrected chi connectivity index (χ0v) is 12.4. The van der Waals surface area contributed by atoms with E-state index in [9.17, 15) is 4.79 Å². The molecular formula is C16H13N5O2. The van der Waals surface area contributed by atoms with Crippen LogP contribution in [0.5, 0.6) is 0 Å². The summed E-state index contributed by atoms with van der Waals surface area (Å²) in [6, 6.07) is 11.0. The standard InChI is InChI=1S/C16H13N5O2/c1-9-6-7-12(20-19-9)15-18-14(23-21-15)8-13-10-4-2-3-5-11(10)16(22)17-13/h2-7,13H,8H2,1H3,(H,17,22). The summed E-state index contributed by atoms with van der Waals surface area (Å²) in [7, 11) is 0. The molecule has 1 aliphatic heterocycles. The summed E-state index contributed by atoms with van der Waals surface area (Å²) in [5.41, 5.74) is 3.03. The van der Waals surface area contributed by atoms with Crippen molar-refractivity contribution in [2.45, 2.75) is 19.4 Å². The van der Waals surface area contributed by atoms with Gasteiger partial charge < -0.3 is 9.84 Å². The number of nitrogens with zero attached hydrogens (tertiary/aromatic N) is 4. The Bertz CT molecular complexity index is 872. The van der Waals surface area contributed by atoms with Crippen molar-refractivity contribution in [3.63, 3.8) is 0 Å². The third-order valence-electron chi connectivity index (χ3n) is 3.76. The Morgan fingerprint density at radius 1 is 1.17 bits per heavy atom. The highest BCUT2D eigenvalue weighted by Crippen LogP contribution is 2.27. The quantitative estimate of drug-likeness (QED) is 0.793. The first kappa shape index (κ1) is 13.6. The fourth-order valence-electron chi connectivity index (χ4n) is 2.62. The summed E-state index contributed by atoms with van der Waals surface area (Å²) >= 11 is 0. The van der Waals surface area contributed by atoms with E-state index in [1.165, 1.54) is 0 Å². The maximum atomic E-state index is 11.9. The summed E-state index contributed by atoms with van der Waals surface area (Å²) in [5.74, 6) is 0.768. The Morgan fingerprint density at radius 2 is 2.04 bits per heavy atom. The molecule has 0 spiro atoms. The van der Waals surface area contributed by atoms with Crippen LogP contribution in [-0.2, 0) is 6.42 Å². The predicted molar refractivity (Wildman–Crippen MR) is 80.4 cm³/mol. The minimum absolute atomic E-state index is 0.0743. The Kier molecular flexibility index (Phi) is 3.11. The maximum Gasteiger partial charge on any atom is 0.252 e. The van der Waals surface area contributed by atoms with E-state index in [1.54, 1.807) is 6.07 Å². The van der Waals surface area contributed by atoms with Crippen LogP contribution in [0.4, 0.5) is 0 Å². The van der Waals surface area contributed by atoms with E-state index >= 15 is 0 Å². The fourth-order valence-corrected chi connectivity index (χ4v) is 2.62. The topological polar surface area (TPSA) is 93.8 Å². The van der Waals surface area contributed by atoms with Gasteiger partial charge in [-0.1, -0.05) is 23.4 Å². The van der Waals surface area contributed by atoms with E-state index in [0.29, 0.717) is 29.4 Å². The molecule has 1 amide bonds. The van der Waals surface area contributed by atoms with E-state index in [0.717, 1.165) is 11.3 Å². The summed E-state index contributed by atoms with van der Waals surface area (Å²) in [4.78, 5) is 16.3. The van der Waals surface area contributed by atoms with Gasteiger partial charge in [0.2, 0.25) is 11.7 Å². The highest BCUT2D eigenvalue weighted by atomic mass is 16.5. The highest BCUT2D eigenvalue weighted by Gasteiger charge is 2.29. The van der Waals surface area contributed by atoms with Gasteiger partial charge in [-0.3, -0.25) is 4.79 Å². The van der Waals surface area contributed by atoms with Gasteiger partial charge in [0.15, 0.2) is 0 Å². The van der Waals surface area contributed by atoms with Gasteiger partial charge in [-0.2, -0.15) is 10.1 Å². The molecule has 0 saturated carbocycles. The van der Waals surface area contributed by atoms with Crippen molar-refractivity contribution in [2.24, 2.45) is 0 Å². The average molecular weight is 307 g/mol. The van der Waals surface area contributed by atoms with Crippen molar-refractivity contribution >= 4 is 5.91 Å². The normalized spacial score (nSPS) is 16.2. The summed E-state index contributed by atoms with van der Waals surface area (Å²) in [6.45, 7) is 1.86. The lowest BCUT2D eigenvalue weighted by Gasteiger charge is -2.07. The monoisotopic (exact) mass is 307 g/mol. The zero-order chi connectivity index (χ0) is 15.8. The second-order valence-electron chi connectivity index (χ2n) is 5.39. The molecule has 23 heavy (non-hydrogen) atoms. The number of benzene rings is 1. The average Bonchev–Trinajstić information content (AvgIpc) is 3.15. The van der Waals surface area contributed by atoms with Gasteiger partial charge in [0.1, 0.15) is 5.69 Å². The molecule has 0 saturated heterocycles. The number of nitrogens with one attached hydrogen (secondary N) is 1. The number of aryl methyl sites for hydroxylation is 1. The van der Waals surface area contributed by atoms with Gasteiger partial charge in [0, 0.05) is 5.56 Å². The van der Waals surface area contributed by atoms with E-state index in [-0.39, 0.29) is 11.9 Å². The molecule has 0 radical (unpaired) electrons. The minimum Gasteiger partial charge on any atom is -0.345 e. The Morgan fingerprint density at radius 3 is 2.87 bits per heavy atom. The molecule has 1 N–H and O–H groups in total. The van der Waals surface area contributed by atoms with Gasteiger partial charge >= 0.3 is 0 Å². The Labute approximate surface area is 131 Å². The second-order valence-corrected chi connectivity index (χ2v) is 5.39. The summed E-state index contributed by atoms with van der Waals surface area (Å²) in [6.07, 6.45) is 0.440. The smallest absolute Gasteiger partial charge is 0.252 e. The van der Waals surface area contributed by atoms with E-state index in [4.69, 9.17) is 4.52 Å². The van der Waals surface area contributed by atoms with Crippen LogP contribution in [0.3, 0.4) is 0 Å². The van der Waals surface area contributed by atoms with Crippen LogP contribution in [-0.4, -0.2) is 26.2 Å². The first-order valence-corrected chi connectivity index (χ1v) is 7.24. The van der Waals surface area contributed by atoms with Crippen molar-refractivity contribution < 1.29 is 9.32 Å². The summed E-state index contributed by atoms with van der Waals surface area (Å²) < 4.78 is 5.28. The molecule has 1 unspecified atom stereocenters. The molecule has 0 bridgehead atoms. The molecule has 1 aromatic carbocycles. The molecule has 0 fully saturated rings. The molecule has 1 aliphatic rings. The number of aromatic nitrogens is 4. The van der Waals surface area contributed by atoms with Crippen molar-refractivity contribution in [1.82, 2.24) is 25.7 Å². The zero-order valence-electron chi connectivity index (χ0n) is 12.4. The molecule has 7 nitrogen and oxygen atoms in total. The van der Waals surface area contributed by atoms with E-state index in [2.05, 4.69) is 25.7 Å². The Hall–Kier alpha value is -3.09. The lowest BCUT2D eigenvalue weighted by atomic mass is 10.0.